The molecular weight excluding hydrogens is 352 g/mol. The third-order valence-corrected chi connectivity index (χ3v) is 4.38. The third-order valence-electron chi connectivity index (χ3n) is 4.38. The largest absolute Gasteiger partial charge is 0.469 e. The smallest absolute Gasteiger partial charge is 0.310 e. The second-order valence-electron chi connectivity index (χ2n) is 6.48. The summed E-state index contributed by atoms with van der Waals surface area (Å²) in [6.45, 7) is 3.03. The average Bonchev–Trinajstić information content (AvgIpc) is 3.18. The van der Waals surface area contributed by atoms with E-state index in [1.165, 1.54) is 25.3 Å². The summed E-state index contributed by atoms with van der Waals surface area (Å²) in [5.74, 6) is -1.08. The predicted molar refractivity (Wildman–Crippen MR) is 98.9 cm³/mol. The number of non-ortho nitro benzene ring substituents is 1. The highest BCUT2D eigenvalue weighted by atomic mass is 16.6. The molecule has 2 rings (SSSR count). The molecule has 1 heterocycles. The van der Waals surface area contributed by atoms with Crippen LogP contribution < -0.4 is 0 Å². The van der Waals surface area contributed by atoms with Crippen LogP contribution in [0.25, 0.3) is 6.08 Å². The zero-order valence-corrected chi connectivity index (χ0v) is 15.5. The first kappa shape index (κ1) is 20.6. The maximum Gasteiger partial charge on any atom is 0.310 e. The van der Waals surface area contributed by atoms with Gasteiger partial charge in [-0.3, -0.25) is 19.7 Å². The molecule has 1 aliphatic heterocycles. The van der Waals surface area contributed by atoms with Gasteiger partial charge in [-0.15, -0.1) is 0 Å². The van der Waals surface area contributed by atoms with E-state index in [2.05, 4.69) is 0 Å². The van der Waals surface area contributed by atoms with Gasteiger partial charge in [-0.1, -0.05) is 6.92 Å². The molecule has 8 heteroatoms. The molecule has 1 aromatic carbocycles. The molecule has 0 aromatic heterocycles. The fourth-order valence-electron chi connectivity index (χ4n) is 2.87. The molecule has 1 amide bonds. The van der Waals surface area contributed by atoms with Crippen molar-refractivity contribution in [3.8, 4) is 0 Å². The van der Waals surface area contributed by atoms with E-state index >= 15 is 0 Å². The van der Waals surface area contributed by atoms with E-state index in [-0.39, 0.29) is 30.2 Å². The lowest BCUT2D eigenvalue weighted by atomic mass is 10.1. The Morgan fingerprint density at radius 2 is 2.11 bits per heavy atom. The lowest BCUT2D eigenvalue weighted by molar-refractivity contribution is -0.384. The van der Waals surface area contributed by atoms with Crippen molar-refractivity contribution in [2.45, 2.75) is 25.9 Å². The van der Waals surface area contributed by atoms with Gasteiger partial charge in [0.15, 0.2) is 0 Å². The van der Waals surface area contributed by atoms with Crippen molar-refractivity contribution in [3.05, 3.63) is 46.0 Å². The summed E-state index contributed by atoms with van der Waals surface area (Å²) >= 11 is 0. The highest BCUT2D eigenvalue weighted by molar-refractivity contribution is 5.92. The number of ether oxygens (including phenoxy) is 2. The number of amides is 1. The first-order chi connectivity index (χ1) is 12.9. The number of hydrogen-bond donors (Lipinski definition) is 0. The van der Waals surface area contributed by atoms with Gasteiger partial charge >= 0.3 is 5.97 Å². The Labute approximate surface area is 157 Å². The molecule has 0 saturated carbocycles. The van der Waals surface area contributed by atoms with Gasteiger partial charge in [0, 0.05) is 37.9 Å². The summed E-state index contributed by atoms with van der Waals surface area (Å²) in [6, 6.07) is 5.91. The molecule has 27 heavy (non-hydrogen) atoms. The maximum absolute atomic E-state index is 12.6. The number of nitro benzene ring substituents is 1. The molecule has 0 bridgehead atoms. The van der Waals surface area contributed by atoms with Crippen molar-refractivity contribution < 1.29 is 24.0 Å². The van der Waals surface area contributed by atoms with Gasteiger partial charge < -0.3 is 14.4 Å². The van der Waals surface area contributed by atoms with Crippen LogP contribution in [0.3, 0.4) is 0 Å². The standard InChI is InChI=1S/C19H24N2O6/c1-14(19(23)26-2)12-20(13-17-4-3-11-27-17)18(22)10-7-15-5-8-16(9-6-15)21(24)25/h5-10,14,17H,3-4,11-13H2,1-2H3/b10-7+. The van der Waals surface area contributed by atoms with Gasteiger partial charge in [-0.2, -0.15) is 0 Å². The number of nitro groups is 1. The summed E-state index contributed by atoms with van der Waals surface area (Å²) < 4.78 is 10.3. The molecule has 1 aliphatic rings. The molecule has 1 saturated heterocycles. The number of nitrogens with zero attached hydrogens (tertiary/aromatic N) is 2. The Morgan fingerprint density at radius 3 is 2.67 bits per heavy atom. The third kappa shape index (κ3) is 6.18. The Morgan fingerprint density at radius 1 is 1.41 bits per heavy atom. The van der Waals surface area contributed by atoms with Crippen LogP contribution in [0.5, 0.6) is 0 Å². The maximum atomic E-state index is 12.6. The van der Waals surface area contributed by atoms with Crippen LogP contribution in [0.2, 0.25) is 0 Å². The molecule has 0 N–H and O–H groups in total. The SMILES string of the molecule is COC(=O)C(C)CN(CC1CCCO1)C(=O)/C=C/c1ccc([N+](=O)[O-])cc1. The van der Waals surface area contributed by atoms with Crippen LogP contribution in [0.1, 0.15) is 25.3 Å². The topological polar surface area (TPSA) is 99.0 Å². The number of carbonyl (C=O) groups is 2. The van der Waals surface area contributed by atoms with E-state index in [0.717, 1.165) is 12.8 Å². The number of carbonyl (C=O) groups excluding carboxylic acids is 2. The number of esters is 1. The van der Waals surface area contributed by atoms with Crippen molar-refractivity contribution in [2.75, 3.05) is 26.8 Å². The van der Waals surface area contributed by atoms with Gasteiger partial charge in [0.2, 0.25) is 5.91 Å². The minimum atomic E-state index is -0.476. The summed E-state index contributed by atoms with van der Waals surface area (Å²) in [5.41, 5.74) is 0.664. The monoisotopic (exact) mass is 376 g/mol. The lowest BCUT2D eigenvalue weighted by Gasteiger charge is -2.26. The summed E-state index contributed by atoms with van der Waals surface area (Å²) in [4.78, 5) is 36.2. The molecule has 1 fully saturated rings. The molecular formula is C19H24N2O6. The zero-order valence-electron chi connectivity index (χ0n) is 15.5. The highest BCUT2D eigenvalue weighted by Crippen LogP contribution is 2.16. The molecule has 146 valence electrons. The number of methoxy groups -OCH3 is 1. The normalized spacial score (nSPS) is 17.6. The van der Waals surface area contributed by atoms with Crippen molar-refractivity contribution in [3.63, 3.8) is 0 Å². The molecule has 1 aromatic rings. The minimum Gasteiger partial charge on any atom is -0.469 e. The van der Waals surface area contributed by atoms with E-state index in [1.807, 2.05) is 0 Å². The summed E-state index contributed by atoms with van der Waals surface area (Å²) in [6.07, 6.45) is 4.80. The first-order valence-corrected chi connectivity index (χ1v) is 8.81. The van der Waals surface area contributed by atoms with Crippen LogP contribution in [0.4, 0.5) is 5.69 Å². The fourth-order valence-corrected chi connectivity index (χ4v) is 2.87. The Kier molecular flexibility index (Phi) is 7.48. The lowest BCUT2D eigenvalue weighted by Crippen LogP contribution is -2.40. The van der Waals surface area contributed by atoms with E-state index in [4.69, 9.17) is 9.47 Å². The van der Waals surface area contributed by atoms with E-state index < -0.39 is 10.8 Å². The zero-order chi connectivity index (χ0) is 19.8. The fraction of sp³-hybridized carbons (Fsp3) is 0.474. The van der Waals surface area contributed by atoms with E-state index in [9.17, 15) is 19.7 Å². The molecule has 0 spiro atoms. The minimum absolute atomic E-state index is 0.00890. The van der Waals surface area contributed by atoms with Gasteiger partial charge in [0.25, 0.3) is 5.69 Å². The van der Waals surface area contributed by atoms with Crippen LogP contribution in [-0.2, 0) is 19.1 Å². The molecule has 2 unspecified atom stereocenters. The second kappa shape index (κ2) is 9.82. The Bertz CT molecular complexity index is 695. The Balaban J connectivity index is 2.06. The molecule has 0 radical (unpaired) electrons. The number of rotatable bonds is 8. The van der Waals surface area contributed by atoms with E-state index in [0.29, 0.717) is 18.7 Å². The van der Waals surface area contributed by atoms with Gasteiger partial charge in [0.1, 0.15) is 0 Å². The van der Waals surface area contributed by atoms with Crippen molar-refractivity contribution in [1.82, 2.24) is 4.90 Å². The van der Waals surface area contributed by atoms with E-state index in [1.54, 1.807) is 30.0 Å². The summed E-state index contributed by atoms with van der Waals surface area (Å²) in [7, 11) is 1.32. The van der Waals surface area contributed by atoms with Crippen LogP contribution in [0, 0.1) is 16.0 Å². The highest BCUT2D eigenvalue weighted by Gasteiger charge is 2.25. The summed E-state index contributed by atoms with van der Waals surface area (Å²) in [5, 5.41) is 10.7. The number of benzene rings is 1. The Hall–Kier alpha value is -2.74. The van der Waals surface area contributed by atoms with Crippen molar-refractivity contribution in [1.29, 1.82) is 0 Å². The average molecular weight is 376 g/mol. The van der Waals surface area contributed by atoms with Gasteiger partial charge in [0.05, 0.1) is 24.1 Å². The first-order valence-electron chi connectivity index (χ1n) is 8.81. The van der Waals surface area contributed by atoms with Crippen molar-refractivity contribution in [2.24, 2.45) is 5.92 Å². The van der Waals surface area contributed by atoms with Crippen LogP contribution in [0.15, 0.2) is 30.3 Å². The van der Waals surface area contributed by atoms with Crippen LogP contribution in [-0.4, -0.2) is 54.6 Å². The molecule has 8 nitrogen and oxygen atoms in total. The van der Waals surface area contributed by atoms with Crippen LogP contribution >= 0.6 is 0 Å². The number of hydrogen-bond acceptors (Lipinski definition) is 6. The quantitative estimate of drug-likeness (QED) is 0.299. The predicted octanol–water partition coefficient (Wildman–Crippen LogP) is 2.42. The van der Waals surface area contributed by atoms with Gasteiger partial charge in [-0.25, -0.2) is 0 Å². The van der Waals surface area contributed by atoms with Gasteiger partial charge in [-0.05, 0) is 36.6 Å². The van der Waals surface area contributed by atoms with Crippen molar-refractivity contribution >= 4 is 23.6 Å². The molecule has 0 aliphatic carbocycles. The second-order valence-corrected chi connectivity index (χ2v) is 6.48. The molecule has 2 atom stereocenters.